The number of carbonyl (C=O) groups is 3. The molecule has 2 fully saturated rings. The van der Waals surface area contributed by atoms with Crippen LogP contribution in [0.5, 0.6) is 0 Å². The number of ether oxygens (including phenoxy) is 1. The quantitative estimate of drug-likeness (QED) is 0.275. The van der Waals surface area contributed by atoms with Crippen LogP contribution in [0.1, 0.15) is 11.7 Å². The van der Waals surface area contributed by atoms with Crippen LogP contribution in [-0.2, 0) is 14.3 Å². The molecule has 3 N–H and O–H groups in total. The maximum Gasteiger partial charge on any atom is 0.327 e. The lowest BCUT2D eigenvalue weighted by Crippen LogP contribution is -2.72. The number of nitrogens with zero attached hydrogens (tertiary/aromatic N) is 3. The molecule has 3 rings (SSSR count). The molecule has 4 unspecified atom stereocenters. The topological polar surface area (TPSA) is 146 Å². The number of imide groups is 1. The van der Waals surface area contributed by atoms with Gasteiger partial charge in [0.05, 0.1) is 40.9 Å². The number of nitro benzene ring substituents is 1. The second-order valence-corrected chi connectivity index (χ2v) is 8.58. The van der Waals surface area contributed by atoms with Gasteiger partial charge in [-0.2, -0.15) is 0 Å². The van der Waals surface area contributed by atoms with Crippen molar-refractivity contribution >= 4 is 35.3 Å². The number of fused-ring (bicyclic) bond motifs is 1. The first-order valence-corrected chi connectivity index (χ1v) is 11.0. The molecule has 12 nitrogen and oxygen atoms in total. The van der Waals surface area contributed by atoms with Crippen LogP contribution in [-0.4, -0.2) is 84.2 Å². The number of non-ortho nitro benzene ring substituents is 1. The maximum atomic E-state index is 12.9. The summed E-state index contributed by atoms with van der Waals surface area (Å²) >= 11 is 1.24. The van der Waals surface area contributed by atoms with E-state index in [1.165, 1.54) is 43.0 Å². The number of thioether (sulfide) groups is 1. The smallest absolute Gasteiger partial charge is 0.327 e. The summed E-state index contributed by atoms with van der Waals surface area (Å²) < 4.78 is 4.92. The van der Waals surface area contributed by atoms with Gasteiger partial charge in [-0.25, -0.2) is 4.79 Å². The van der Waals surface area contributed by atoms with E-state index in [-0.39, 0.29) is 23.3 Å². The van der Waals surface area contributed by atoms with Gasteiger partial charge >= 0.3 is 6.03 Å². The van der Waals surface area contributed by atoms with Gasteiger partial charge in [-0.1, -0.05) is 12.1 Å². The summed E-state index contributed by atoms with van der Waals surface area (Å²) in [4.78, 5) is 50.8. The third-order valence-corrected chi connectivity index (χ3v) is 6.61. The highest BCUT2D eigenvalue weighted by Gasteiger charge is 2.51. The number of amides is 4. The van der Waals surface area contributed by atoms with Gasteiger partial charge in [0.25, 0.3) is 5.69 Å². The van der Waals surface area contributed by atoms with Crippen LogP contribution in [0.2, 0.25) is 0 Å². The summed E-state index contributed by atoms with van der Waals surface area (Å²) in [5.74, 6) is -1.15. The Labute approximate surface area is 189 Å². The molecule has 4 amide bonds. The Bertz CT molecular complexity index is 901. The van der Waals surface area contributed by atoms with Gasteiger partial charge in [-0.15, -0.1) is 11.8 Å². The monoisotopic (exact) mass is 466 g/mol. The van der Waals surface area contributed by atoms with E-state index in [2.05, 4.69) is 16.0 Å². The number of hydrogen-bond donors (Lipinski definition) is 3. The minimum atomic E-state index is -0.658. The van der Waals surface area contributed by atoms with Gasteiger partial charge in [0.15, 0.2) is 0 Å². The number of rotatable bonds is 8. The van der Waals surface area contributed by atoms with Crippen LogP contribution in [0, 0.1) is 16.0 Å². The Morgan fingerprint density at radius 3 is 2.75 bits per heavy atom. The molecule has 2 aliphatic heterocycles. The number of benzene rings is 1. The summed E-state index contributed by atoms with van der Waals surface area (Å²) in [7, 11) is 4.55. The molecule has 0 bridgehead atoms. The van der Waals surface area contributed by atoms with Crippen molar-refractivity contribution in [2.45, 2.75) is 17.7 Å². The summed E-state index contributed by atoms with van der Waals surface area (Å²) in [6.07, 6.45) is -1.22. The largest absolute Gasteiger partial charge is 0.383 e. The van der Waals surface area contributed by atoms with E-state index in [1.54, 1.807) is 19.2 Å². The lowest BCUT2D eigenvalue weighted by Gasteiger charge is -2.50. The number of hydrogen-bond acceptors (Lipinski definition) is 9. The van der Waals surface area contributed by atoms with Crippen molar-refractivity contribution in [2.75, 3.05) is 40.1 Å². The number of carbonyl (C=O) groups excluding carboxylic acids is 3. The Balaban J connectivity index is 1.83. The molecule has 2 saturated heterocycles. The van der Waals surface area contributed by atoms with E-state index in [9.17, 15) is 24.5 Å². The van der Waals surface area contributed by atoms with Crippen LogP contribution < -0.4 is 16.0 Å². The van der Waals surface area contributed by atoms with Crippen molar-refractivity contribution in [1.29, 1.82) is 0 Å². The van der Waals surface area contributed by atoms with E-state index < -0.39 is 34.6 Å². The molecule has 2 heterocycles. The molecular weight excluding hydrogens is 440 g/mol. The Morgan fingerprint density at radius 1 is 1.31 bits per heavy atom. The second kappa shape index (κ2) is 10.3. The number of urea groups is 1. The first kappa shape index (κ1) is 23.9. The van der Waals surface area contributed by atoms with E-state index in [1.807, 2.05) is 0 Å². The normalized spacial score (nSPS) is 25.5. The van der Waals surface area contributed by atoms with Crippen LogP contribution in [0.15, 0.2) is 24.3 Å². The first-order chi connectivity index (χ1) is 15.2. The van der Waals surface area contributed by atoms with Crippen molar-refractivity contribution in [3.63, 3.8) is 0 Å². The zero-order valence-electron chi connectivity index (χ0n) is 17.9. The van der Waals surface area contributed by atoms with Crippen LogP contribution in [0.25, 0.3) is 0 Å². The fourth-order valence-corrected chi connectivity index (χ4v) is 4.86. The van der Waals surface area contributed by atoms with Crippen molar-refractivity contribution in [3.05, 3.63) is 39.9 Å². The van der Waals surface area contributed by atoms with Gasteiger partial charge in [0.2, 0.25) is 11.8 Å². The molecule has 1 aromatic rings. The predicted octanol–water partition coefficient (Wildman–Crippen LogP) is 0.0742. The molecular formula is C19H26N6O6S. The second-order valence-electron chi connectivity index (χ2n) is 7.45. The Morgan fingerprint density at radius 2 is 2.06 bits per heavy atom. The molecule has 0 saturated carbocycles. The lowest BCUT2D eigenvalue weighted by atomic mass is 9.96. The maximum absolute atomic E-state index is 12.9. The van der Waals surface area contributed by atoms with Crippen molar-refractivity contribution in [2.24, 2.45) is 5.92 Å². The van der Waals surface area contributed by atoms with Crippen LogP contribution in [0.4, 0.5) is 10.5 Å². The zero-order chi connectivity index (χ0) is 23.4. The average Bonchev–Trinajstić information content (AvgIpc) is 2.79. The van der Waals surface area contributed by atoms with Crippen LogP contribution >= 0.6 is 11.8 Å². The molecule has 0 spiro atoms. The molecule has 0 radical (unpaired) electrons. The predicted molar refractivity (Wildman–Crippen MR) is 116 cm³/mol. The summed E-state index contributed by atoms with van der Waals surface area (Å²) in [5.41, 5.74) is 0.513. The SMILES string of the molecule is COCCNC(=O)CSC1NC(c2cccc([N+](=O)[O-])c2)NC2C1C(=O)N(C)C(=O)N2C. The molecule has 13 heteroatoms. The number of methoxy groups -OCH3 is 1. The summed E-state index contributed by atoms with van der Waals surface area (Å²) in [6, 6.07) is 5.66. The third-order valence-electron chi connectivity index (χ3n) is 5.39. The Kier molecular flexibility index (Phi) is 7.66. The zero-order valence-corrected chi connectivity index (χ0v) is 18.8. The fraction of sp³-hybridized carbons (Fsp3) is 0.526. The van der Waals surface area contributed by atoms with Gasteiger partial charge in [-0.3, -0.25) is 35.2 Å². The van der Waals surface area contributed by atoms with Gasteiger partial charge in [-0.05, 0) is 5.56 Å². The van der Waals surface area contributed by atoms with E-state index in [0.29, 0.717) is 18.7 Å². The number of nitro groups is 1. The highest BCUT2D eigenvalue weighted by molar-refractivity contribution is 8.00. The van der Waals surface area contributed by atoms with Crippen molar-refractivity contribution in [1.82, 2.24) is 25.8 Å². The minimum Gasteiger partial charge on any atom is -0.383 e. The summed E-state index contributed by atoms with van der Waals surface area (Å²) in [6.45, 7) is 0.758. The molecule has 0 aromatic heterocycles. The van der Waals surface area contributed by atoms with Gasteiger partial charge in [0, 0.05) is 39.9 Å². The van der Waals surface area contributed by atoms with Crippen molar-refractivity contribution < 1.29 is 24.0 Å². The summed E-state index contributed by atoms with van der Waals surface area (Å²) in [5, 5.41) is 19.9. The van der Waals surface area contributed by atoms with Gasteiger partial charge < -0.3 is 15.0 Å². The fourth-order valence-electron chi connectivity index (χ4n) is 3.72. The lowest BCUT2D eigenvalue weighted by molar-refractivity contribution is -0.385. The molecule has 32 heavy (non-hydrogen) atoms. The van der Waals surface area contributed by atoms with E-state index in [0.717, 1.165) is 4.90 Å². The Hall–Kier alpha value is -2.74. The molecule has 174 valence electrons. The highest BCUT2D eigenvalue weighted by Crippen LogP contribution is 2.34. The average molecular weight is 467 g/mol. The number of nitrogens with one attached hydrogen (secondary N) is 3. The molecule has 2 aliphatic rings. The van der Waals surface area contributed by atoms with E-state index in [4.69, 9.17) is 4.74 Å². The van der Waals surface area contributed by atoms with Crippen LogP contribution in [0.3, 0.4) is 0 Å². The van der Waals surface area contributed by atoms with Gasteiger partial charge in [0.1, 0.15) is 0 Å². The highest BCUT2D eigenvalue weighted by atomic mass is 32.2. The standard InChI is InChI=1S/C19H26N6O6S/c1-23-16-14(18(27)24(2)19(23)28)17(32-10-13(26)20-7-8-31-3)22-15(21-16)11-5-4-6-12(9-11)25(29)30/h4-6,9,14-17,21-22H,7-8,10H2,1-3H3,(H,20,26). The minimum absolute atomic E-state index is 0.0705. The third kappa shape index (κ3) is 5.01. The first-order valence-electron chi connectivity index (χ1n) is 9.92. The molecule has 1 aromatic carbocycles. The molecule has 0 aliphatic carbocycles. The van der Waals surface area contributed by atoms with E-state index >= 15 is 0 Å². The molecule has 4 atom stereocenters. The van der Waals surface area contributed by atoms with Crippen molar-refractivity contribution in [3.8, 4) is 0 Å².